The van der Waals surface area contributed by atoms with Crippen molar-refractivity contribution in [1.29, 1.82) is 0 Å². The maximum Gasteiger partial charge on any atom is 0.247 e. The van der Waals surface area contributed by atoms with Crippen molar-refractivity contribution in [3.8, 4) is 11.4 Å². The van der Waals surface area contributed by atoms with Gasteiger partial charge in [0.25, 0.3) is 0 Å². The Kier molecular flexibility index (Phi) is 2.24. The van der Waals surface area contributed by atoms with Crippen LogP contribution in [0.4, 0.5) is 5.95 Å². The molecule has 0 aliphatic rings. The molecule has 2 rings (SSSR count). The van der Waals surface area contributed by atoms with Gasteiger partial charge in [0.1, 0.15) is 0 Å². The summed E-state index contributed by atoms with van der Waals surface area (Å²) in [5.41, 5.74) is 0.695. The standard InChI is InChI=1S/C9H11N5O/c1-10-9-13-12-8(14(9)2)6-3-4-7(15)11-5-6/h3-5H,1-2H3,(H,10,13)(H,11,15). The second kappa shape index (κ2) is 3.56. The molecule has 0 spiro atoms. The summed E-state index contributed by atoms with van der Waals surface area (Å²) >= 11 is 0. The second-order valence-corrected chi connectivity index (χ2v) is 3.10. The van der Waals surface area contributed by atoms with Gasteiger partial charge in [-0.3, -0.25) is 9.36 Å². The molecule has 2 aromatic heterocycles. The largest absolute Gasteiger partial charge is 0.357 e. The number of anilines is 1. The van der Waals surface area contributed by atoms with Gasteiger partial charge in [0.15, 0.2) is 5.82 Å². The van der Waals surface area contributed by atoms with Gasteiger partial charge in [0.05, 0.1) is 0 Å². The number of aromatic nitrogens is 4. The van der Waals surface area contributed by atoms with Crippen molar-refractivity contribution in [3.05, 3.63) is 28.7 Å². The van der Waals surface area contributed by atoms with E-state index in [1.165, 1.54) is 6.07 Å². The van der Waals surface area contributed by atoms with Crippen LogP contribution < -0.4 is 10.9 Å². The van der Waals surface area contributed by atoms with E-state index in [-0.39, 0.29) is 5.56 Å². The van der Waals surface area contributed by atoms with Crippen LogP contribution in [0.15, 0.2) is 23.1 Å². The fourth-order valence-corrected chi connectivity index (χ4v) is 1.35. The molecule has 2 heterocycles. The minimum Gasteiger partial charge on any atom is -0.357 e. The van der Waals surface area contributed by atoms with Crippen molar-refractivity contribution in [1.82, 2.24) is 19.7 Å². The Morgan fingerprint density at radius 1 is 1.40 bits per heavy atom. The highest BCUT2D eigenvalue weighted by Crippen LogP contribution is 2.16. The van der Waals surface area contributed by atoms with Gasteiger partial charge in [-0.25, -0.2) is 0 Å². The molecule has 2 N–H and O–H groups in total. The molecule has 0 aliphatic carbocycles. The maximum absolute atomic E-state index is 10.9. The average molecular weight is 205 g/mol. The molecule has 6 nitrogen and oxygen atoms in total. The predicted octanol–water partition coefficient (Wildman–Crippen LogP) is 0.212. The van der Waals surface area contributed by atoms with Crippen LogP contribution in [-0.2, 0) is 7.05 Å². The van der Waals surface area contributed by atoms with E-state index >= 15 is 0 Å². The van der Waals surface area contributed by atoms with E-state index in [1.807, 2.05) is 11.6 Å². The number of nitrogens with zero attached hydrogens (tertiary/aromatic N) is 3. The highest BCUT2D eigenvalue weighted by atomic mass is 16.1. The first-order valence-electron chi connectivity index (χ1n) is 4.48. The van der Waals surface area contributed by atoms with Crippen LogP contribution in [0.3, 0.4) is 0 Å². The summed E-state index contributed by atoms with van der Waals surface area (Å²) < 4.78 is 1.81. The zero-order chi connectivity index (χ0) is 10.8. The quantitative estimate of drug-likeness (QED) is 0.735. The normalized spacial score (nSPS) is 10.3. The molecule has 0 fully saturated rings. The third kappa shape index (κ3) is 1.61. The number of H-pyrrole nitrogens is 1. The summed E-state index contributed by atoms with van der Waals surface area (Å²) in [6, 6.07) is 3.17. The Bertz CT molecular complexity index is 507. The van der Waals surface area contributed by atoms with Gasteiger partial charge in [-0.05, 0) is 6.07 Å². The van der Waals surface area contributed by atoms with Crippen molar-refractivity contribution in [2.24, 2.45) is 7.05 Å². The van der Waals surface area contributed by atoms with Crippen LogP contribution in [0.5, 0.6) is 0 Å². The van der Waals surface area contributed by atoms with E-state index in [1.54, 1.807) is 19.3 Å². The zero-order valence-corrected chi connectivity index (χ0v) is 8.48. The SMILES string of the molecule is CNc1nnc(-c2ccc(=O)[nH]c2)n1C. The molecule has 6 heteroatoms. The molecule has 0 unspecified atom stereocenters. The van der Waals surface area contributed by atoms with Crippen molar-refractivity contribution < 1.29 is 0 Å². The number of rotatable bonds is 2. The number of hydrogen-bond donors (Lipinski definition) is 2. The van der Waals surface area contributed by atoms with E-state index in [0.717, 1.165) is 5.56 Å². The minimum atomic E-state index is -0.130. The van der Waals surface area contributed by atoms with E-state index in [4.69, 9.17) is 0 Å². The molecule has 0 saturated heterocycles. The highest BCUT2D eigenvalue weighted by Gasteiger charge is 2.08. The number of pyridine rings is 1. The minimum absolute atomic E-state index is 0.130. The van der Waals surface area contributed by atoms with Crippen LogP contribution in [0, 0.1) is 0 Å². The van der Waals surface area contributed by atoms with Gasteiger partial charge >= 0.3 is 0 Å². The van der Waals surface area contributed by atoms with Crippen LogP contribution >= 0.6 is 0 Å². The number of aromatic amines is 1. The Labute approximate surface area is 86.0 Å². The predicted molar refractivity (Wildman–Crippen MR) is 56.6 cm³/mol. The number of hydrogen-bond acceptors (Lipinski definition) is 4. The Hall–Kier alpha value is -2.11. The summed E-state index contributed by atoms with van der Waals surface area (Å²) in [5, 5.41) is 10.9. The molecule has 0 atom stereocenters. The lowest BCUT2D eigenvalue weighted by Gasteiger charge is -2.02. The molecular weight excluding hydrogens is 194 g/mol. The third-order valence-electron chi connectivity index (χ3n) is 2.14. The topological polar surface area (TPSA) is 75.6 Å². The average Bonchev–Trinajstić information content (AvgIpc) is 2.61. The van der Waals surface area contributed by atoms with Gasteiger partial charge in [-0.1, -0.05) is 0 Å². The molecular formula is C9H11N5O. The van der Waals surface area contributed by atoms with Crippen molar-refractivity contribution in [3.63, 3.8) is 0 Å². The fraction of sp³-hybridized carbons (Fsp3) is 0.222. The van der Waals surface area contributed by atoms with Crippen molar-refractivity contribution in [2.45, 2.75) is 0 Å². The van der Waals surface area contributed by atoms with E-state index in [0.29, 0.717) is 11.8 Å². The lowest BCUT2D eigenvalue weighted by atomic mass is 10.3. The molecule has 15 heavy (non-hydrogen) atoms. The molecule has 78 valence electrons. The molecule has 0 aromatic carbocycles. The van der Waals surface area contributed by atoms with Gasteiger partial charge in [-0.15, -0.1) is 10.2 Å². The molecule has 0 bridgehead atoms. The van der Waals surface area contributed by atoms with Crippen molar-refractivity contribution >= 4 is 5.95 Å². The van der Waals surface area contributed by atoms with E-state index in [9.17, 15) is 4.79 Å². The summed E-state index contributed by atoms with van der Waals surface area (Å²) in [7, 11) is 3.63. The van der Waals surface area contributed by atoms with Crippen molar-refractivity contribution in [2.75, 3.05) is 12.4 Å². The van der Waals surface area contributed by atoms with Crippen LogP contribution in [-0.4, -0.2) is 26.8 Å². The summed E-state index contributed by atoms with van der Waals surface area (Å²) in [4.78, 5) is 13.5. The van der Waals surface area contributed by atoms with E-state index < -0.39 is 0 Å². The Morgan fingerprint density at radius 3 is 2.73 bits per heavy atom. The number of nitrogens with one attached hydrogen (secondary N) is 2. The molecule has 0 aliphatic heterocycles. The zero-order valence-electron chi connectivity index (χ0n) is 8.48. The highest BCUT2D eigenvalue weighted by molar-refractivity contribution is 5.55. The van der Waals surface area contributed by atoms with Crippen LogP contribution in [0.2, 0.25) is 0 Å². The lowest BCUT2D eigenvalue weighted by Crippen LogP contribution is -2.04. The lowest BCUT2D eigenvalue weighted by molar-refractivity contribution is 0.923. The van der Waals surface area contributed by atoms with Gasteiger partial charge in [0.2, 0.25) is 11.5 Å². The Morgan fingerprint density at radius 2 is 2.20 bits per heavy atom. The van der Waals surface area contributed by atoms with Gasteiger partial charge < -0.3 is 10.3 Å². The molecule has 0 radical (unpaired) electrons. The first kappa shape index (κ1) is 9.45. The summed E-state index contributed by atoms with van der Waals surface area (Å²) in [6.45, 7) is 0. The first-order chi connectivity index (χ1) is 7.22. The first-order valence-corrected chi connectivity index (χ1v) is 4.48. The Balaban J connectivity index is 2.49. The van der Waals surface area contributed by atoms with Gasteiger partial charge in [-0.2, -0.15) is 0 Å². The molecule has 0 amide bonds. The molecule has 0 saturated carbocycles. The third-order valence-corrected chi connectivity index (χ3v) is 2.14. The van der Waals surface area contributed by atoms with Crippen LogP contribution in [0.1, 0.15) is 0 Å². The van der Waals surface area contributed by atoms with Gasteiger partial charge in [0, 0.05) is 31.9 Å². The smallest absolute Gasteiger partial charge is 0.247 e. The van der Waals surface area contributed by atoms with Crippen LogP contribution in [0.25, 0.3) is 11.4 Å². The maximum atomic E-state index is 10.9. The fourth-order valence-electron chi connectivity index (χ4n) is 1.35. The second-order valence-electron chi connectivity index (χ2n) is 3.10. The monoisotopic (exact) mass is 205 g/mol. The summed E-state index contributed by atoms with van der Waals surface area (Å²) in [5.74, 6) is 1.38. The van der Waals surface area contributed by atoms with E-state index in [2.05, 4.69) is 20.5 Å². The summed E-state index contributed by atoms with van der Waals surface area (Å²) in [6.07, 6.45) is 1.62. The molecule has 2 aromatic rings.